The minimum absolute atomic E-state index is 0.00873. The SMILES string of the molecule is CC(C)(C)OC(=O)NCC(O)c1cccc2c1BO[C@H](CO)CO2. The highest BCUT2D eigenvalue weighted by atomic mass is 16.6. The third-order valence-corrected chi connectivity index (χ3v) is 3.46. The van der Waals surface area contributed by atoms with Gasteiger partial charge in [-0.25, -0.2) is 4.79 Å². The van der Waals surface area contributed by atoms with Gasteiger partial charge in [0.15, 0.2) is 0 Å². The second kappa shape index (κ2) is 7.87. The molecule has 1 unspecified atom stereocenters. The Morgan fingerprint density at radius 1 is 1.50 bits per heavy atom. The molecule has 0 aliphatic carbocycles. The number of carbonyl (C=O) groups is 1. The molecule has 0 spiro atoms. The smallest absolute Gasteiger partial charge is 0.407 e. The zero-order chi connectivity index (χ0) is 17.7. The van der Waals surface area contributed by atoms with Crippen LogP contribution in [0.15, 0.2) is 18.2 Å². The van der Waals surface area contributed by atoms with Crippen LogP contribution in [0.25, 0.3) is 0 Å². The van der Waals surface area contributed by atoms with Crippen molar-refractivity contribution in [1.82, 2.24) is 5.32 Å². The summed E-state index contributed by atoms with van der Waals surface area (Å²) in [5.74, 6) is 0.611. The largest absolute Gasteiger partial charge is 0.491 e. The molecule has 1 aromatic rings. The quantitative estimate of drug-likeness (QED) is 0.669. The monoisotopic (exact) mass is 337 g/mol. The first-order chi connectivity index (χ1) is 11.3. The molecule has 24 heavy (non-hydrogen) atoms. The summed E-state index contributed by atoms with van der Waals surface area (Å²) in [5.41, 5.74) is 0.730. The van der Waals surface area contributed by atoms with Gasteiger partial charge in [-0.15, -0.1) is 0 Å². The van der Waals surface area contributed by atoms with E-state index >= 15 is 0 Å². The van der Waals surface area contributed by atoms with Crippen molar-refractivity contribution in [3.05, 3.63) is 23.8 Å². The fourth-order valence-corrected chi connectivity index (χ4v) is 2.33. The molecule has 0 fully saturated rings. The number of hydrogen-bond acceptors (Lipinski definition) is 6. The highest BCUT2D eigenvalue weighted by molar-refractivity contribution is 6.49. The van der Waals surface area contributed by atoms with Crippen LogP contribution in [0.3, 0.4) is 0 Å². The number of rotatable bonds is 4. The van der Waals surface area contributed by atoms with Crippen LogP contribution >= 0.6 is 0 Å². The van der Waals surface area contributed by atoms with Crippen LogP contribution < -0.4 is 15.5 Å². The maximum Gasteiger partial charge on any atom is 0.407 e. The molecule has 0 saturated heterocycles. The maximum atomic E-state index is 11.7. The second-order valence-electron chi connectivity index (χ2n) is 6.65. The first kappa shape index (κ1) is 18.6. The lowest BCUT2D eigenvalue weighted by atomic mass is 9.81. The molecule has 0 saturated carbocycles. The third-order valence-electron chi connectivity index (χ3n) is 3.46. The molecular weight excluding hydrogens is 313 g/mol. The number of hydrogen-bond donors (Lipinski definition) is 3. The summed E-state index contributed by atoms with van der Waals surface area (Å²) >= 11 is 0. The summed E-state index contributed by atoms with van der Waals surface area (Å²) < 4.78 is 16.3. The molecule has 1 heterocycles. The van der Waals surface area contributed by atoms with E-state index in [2.05, 4.69) is 5.32 Å². The summed E-state index contributed by atoms with van der Waals surface area (Å²) in [6.45, 7) is 5.44. The van der Waals surface area contributed by atoms with E-state index in [9.17, 15) is 15.0 Å². The first-order valence-electron chi connectivity index (χ1n) is 7.92. The van der Waals surface area contributed by atoms with Gasteiger partial charge in [0.05, 0.1) is 25.4 Å². The van der Waals surface area contributed by atoms with Crippen molar-refractivity contribution in [2.45, 2.75) is 38.6 Å². The number of amides is 1. The number of alkyl carbamates (subject to hydrolysis) is 1. The Morgan fingerprint density at radius 3 is 2.92 bits per heavy atom. The van der Waals surface area contributed by atoms with Gasteiger partial charge in [-0.2, -0.15) is 0 Å². The van der Waals surface area contributed by atoms with E-state index in [1.165, 1.54) is 0 Å². The van der Waals surface area contributed by atoms with Gasteiger partial charge in [-0.05, 0) is 37.9 Å². The van der Waals surface area contributed by atoms with Gasteiger partial charge in [-0.3, -0.25) is 0 Å². The topological polar surface area (TPSA) is 97.3 Å². The molecule has 8 heteroatoms. The number of carbonyl (C=O) groups excluding carboxylic acids is 1. The Labute approximate surface area is 142 Å². The van der Waals surface area contributed by atoms with Crippen LogP contribution in [0.4, 0.5) is 4.79 Å². The molecule has 132 valence electrons. The average Bonchev–Trinajstić information content (AvgIpc) is 2.72. The van der Waals surface area contributed by atoms with Crippen molar-refractivity contribution in [2.24, 2.45) is 0 Å². The molecule has 1 aliphatic heterocycles. The van der Waals surface area contributed by atoms with Gasteiger partial charge in [0.2, 0.25) is 0 Å². The normalized spacial score (nSPS) is 18.5. The molecular formula is C16H24BNO6. The Morgan fingerprint density at radius 2 is 2.25 bits per heavy atom. The molecule has 2 atom stereocenters. The van der Waals surface area contributed by atoms with Crippen molar-refractivity contribution in [2.75, 3.05) is 19.8 Å². The number of nitrogens with one attached hydrogen (secondary N) is 1. The Bertz CT molecular complexity index is 574. The highest BCUT2D eigenvalue weighted by Crippen LogP contribution is 2.19. The summed E-state index contributed by atoms with van der Waals surface area (Å²) in [7, 11) is 0.222. The number of fused-ring (bicyclic) bond motifs is 1. The molecule has 0 radical (unpaired) electrons. The van der Waals surface area contributed by atoms with Gasteiger partial charge >= 0.3 is 13.6 Å². The fraction of sp³-hybridized carbons (Fsp3) is 0.562. The highest BCUT2D eigenvalue weighted by Gasteiger charge is 2.24. The Balaban J connectivity index is 2.03. The zero-order valence-electron chi connectivity index (χ0n) is 14.2. The van der Waals surface area contributed by atoms with E-state index in [1.807, 2.05) is 0 Å². The van der Waals surface area contributed by atoms with E-state index < -0.39 is 23.9 Å². The van der Waals surface area contributed by atoms with Gasteiger partial charge in [-0.1, -0.05) is 12.1 Å². The van der Waals surface area contributed by atoms with Gasteiger partial charge in [0, 0.05) is 0 Å². The number of aliphatic hydroxyl groups excluding tert-OH is 2. The van der Waals surface area contributed by atoms with Gasteiger partial charge in [0.25, 0.3) is 0 Å². The van der Waals surface area contributed by atoms with Crippen LogP contribution in [-0.2, 0) is 9.39 Å². The standard InChI is InChI=1S/C16H24BNO6/c1-16(2,3)23-15(21)18-7-12(20)11-5-4-6-13-14(11)17-24-10(8-19)9-22-13/h4-6,10,12,17,19-20H,7-9H2,1-3H3,(H,18,21)/t10-,12?/m1/s1. The van der Waals surface area contributed by atoms with E-state index in [0.717, 1.165) is 0 Å². The number of ether oxygens (including phenoxy) is 2. The van der Waals surface area contributed by atoms with Crippen LogP contribution in [0.2, 0.25) is 0 Å². The first-order valence-corrected chi connectivity index (χ1v) is 7.92. The van der Waals surface area contributed by atoms with E-state index in [4.69, 9.17) is 14.1 Å². The van der Waals surface area contributed by atoms with Crippen molar-refractivity contribution in [3.8, 4) is 5.75 Å². The van der Waals surface area contributed by atoms with Gasteiger partial charge < -0.3 is 29.7 Å². The maximum absolute atomic E-state index is 11.7. The molecule has 7 nitrogen and oxygen atoms in total. The molecule has 1 amide bonds. The lowest BCUT2D eigenvalue weighted by Crippen LogP contribution is -2.36. The minimum Gasteiger partial charge on any atom is -0.491 e. The van der Waals surface area contributed by atoms with E-state index in [1.54, 1.807) is 39.0 Å². The van der Waals surface area contributed by atoms with Gasteiger partial charge in [0.1, 0.15) is 18.0 Å². The van der Waals surface area contributed by atoms with Crippen LogP contribution in [-0.4, -0.2) is 55.3 Å². The third kappa shape index (κ3) is 5.12. The summed E-state index contributed by atoms with van der Waals surface area (Å²) in [6.07, 6.45) is -1.91. The molecule has 0 aromatic heterocycles. The Kier molecular flexibility index (Phi) is 6.09. The number of benzene rings is 1. The lowest BCUT2D eigenvalue weighted by molar-refractivity contribution is 0.0492. The predicted molar refractivity (Wildman–Crippen MR) is 89.9 cm³/mol. The predicted octanol–water partition coefficient (Wildman–Crippen LogP) is -0.00860. The number of aliphatic hydroxyl groups is 2. The second-order valence-corrected chi connectivity index (χ2v) is 6.65. The van der Waals surface area contributed by atoms with Crippen LogP contribution in [0.1, 0.15) is 32.4 Å². The van der Waals surface area contributed by atoms with Crippen molar-refractivity contribution < 1.29 is 29.1 Å². The van der Waals surface area contributed by atoms with Crippen LogP contribution in [0, 0.1) is 0 Å². The molecule has 2 rings (SSSR count). The van der Waals surface area contributed by atoms with Crippen molar-refractivity contribution in [3.63, 3.8) is 0 Å². The average molecular weight is 337 g/mol. The van der Waals surface area contributed by atoms with Crippen LogP contribution in [0.5, 0.6) is 5.75 Å². The summed E-state index contributed by atoms with van der Waals surface area (Å²) in [6, 6.07) is 5.31. The molecule has 0 bridgehead atoms. The lowest BCUT2D eigenvalue weighted by Gasteiger charge is -2.21. The van der Waals surface area contributed by atoms with E-state index in [-0.39, 0.29) is 27.2 Å². The summed E-state index contributed by atoms with van der Waals surface area (Å²) in [4.78, 5) is 11.7. The molecule has 1 aromatic carbocycles. The summed E-state index contributed by atoms with van der Waals surface area (Å²) in [5, 5.41) is 22.2. The van der Waals surface area contributed by atoms with E-state index in [0.29, 0.717) is 16.8 Å². The van der Waals surface area contributed by atoms with Crippen molar-refractivity contribution >= 4 is 19.0 Å². The molecule has 1 aliphatic rings. The minimum atomic E-state index is -0.926. The Hall–Kier alpha value is -1.77. The van der Waals surface area contributed by atoms with Crippen molar-refractivity contribution in [1.29, 1.82) is 0 Å². The zero-order valence-corrected chi connectivity index (χ0v) is 14.2. The molecule has 3 N–H and O–H groups in total. The fourth-order valence-electron chi connectivity index (χ4n) is 2.33.